The maximum atomic E-state index is 13.1. The Hall–Kier alpha value is -3.84. The number of thiophene rings is 1. The number of morpholine rings is 1. The molecule has 5 heterocycles. The number of hydrogen-bond acceptors (Lipinski definition) is 9. The Kier molecular flexibility index (Phi) is 5.64. The Morgan fingerprint density at radius 1 is 1.33 bits per heavy atom. The minimum atomic E-state index is -0.517. The number of aromatic amines is 2. The van der Waals surface area contributed by atoms with E-state index in [1.54, 1.807) is 27.8 Å². The summed E-state index contributed by atoms with van der Waals surface area (Å²) in [5.41, 5.74) is 0.585. The van der Waals surface area contributed by atoms with Gasteiger partial charge in [-0.15, -0.1) is 11.3 Å². The molecule has 12 nitrogen and oxygen atoms in total. The molecule has 2 fully saturated rings. The second-order valence-corrected chi connectivity index (χ2v) is 10.1. The SMILES string of the molecule is CC1CN(C(=O)c2ccc(-c3nc(=NCC4CC4)n4nc/c(=C/c5[nH]c(=O)[nH]c5O)c4n3)s2)CCO1. The first kappa shape index (κ1) is 22.6. The zero-order valence-corrected chi connectivity index (χ0v) is 20.3. The van der Waals surface area contributed by atoms with Gasteiger partial charge in [0.05, 0.1) is 28.7 Å². The van der Waals surface area contributed by atoms with Gasteiger partial charge in [-0.2, -0.15) is 14.6 Å². The smallest absolute Gasteiger partial charge is 0.326 e. The number of aromatic nitrogens is 6. The molecule has 1 saturated carbocycles. The molecular formula is C23H24N8O4S. The Balaban J connectivity index is 1.43. The highest BCUT2D eigenvalue weighted by atomic mass is 32.1. The first-order valence-electron chi connectivity index (χ1n) is 11.7. The van der Waals surface area contributed by atoms with Gasteiger partial charge >= 0.3 is 5.69 Å². The van der Waals surface area contributed by atoms with Crippen LogP contribution >= 0.6 is 11.3 Å². The van der Waals surface area contributed by atoms with Gasteiger partial charge in [0, 0.05) is 24.9 Å². The van der Waals surface area contributed by atoms with Crippen LogP contribution in [0.4, 0.5) is 0 Å². The van der Waals surface area contributed by atoms with Crippen LogP contribution in [0.2, 0.25) is 0 Å². The summed E-state index contributed by atoms with van der Waals surface area (Å²) in [7, 11) is 0. The van der Waals surface area contributed by atoms with E-state index in [4.69, 9.17) is 9.72 Å². The Morgan fingerprint density at radius 2 is 2.19 bits per heavy atom. The van der Waals surface area contributed by atoms with Crippen molar-refractivity contribution >= 4 is 29.0 Å². The van der Waals surface area contributed by atoms with E-state index in [0.717, 1.165) is 17.7 Å². The van der Waals surface area contributed by atoms with Gasteiger partial charge in [0.1, 0.15) is 5.69 Å². The summed E-state index contributed by atoms with van der Waals surface area (Å²) >= 11 is 1.33. The Bertz CT molecular complexity index is 1630. The molecule has 3 N–H and O–H groups in total. The molecule has 4 aromatic heterocycles. The predicted octanol–water partition coefficient (Wildman–Crippen LogP) is 0.294. The summed E-state index contributed by atoms with van der Waals surface area (Å²) in [5, 5.41) is 15.0. The van der Waals surface area contributed by atoms with Crippen LogP contribution in [0.3, 0.4) is 0 Å². The monoisotopic (exact) mass is 508 g/mol. The zero-order chi connectivity index (χ0) is 24.8. The molecule has 1 saturated heterocycles. The second-order valence-electron chi connectivity index (χ2n) is 9.05. The average molecular weight is 509 g/mol. The molecule has 1 aliphatic carbocycles. The molecule has 4 aromatic rings. The number of H-pyrrole nitrogens is 2. The molecule has 13 heteroatoms. The molecule has 1 atom stereocenters. The van der Waals surface area contributed by atoms with E-state index in [0.29, 0.717) is 59.3 Å². The third-order valence-corrected chi connectivity index (χ3v) is 7.24. The molecule has 186 valence electrons. The molecule has 0 radical (unpaired) electrons. The van der Waals surface area contributed by atoms with Gasteiger partial charge in [0.15, 0.2) is 11.5 Å². The molecule has 2 aliphatic rings. The van der Waals surface area contributed by atoms with Gasteiger partial charge in [-0.25, -0.2) is 14.8 Å². The Labute approximate surface area is 208 Å². The fourth-order valence-electron chi connectivity index (χ4n) is 4.09. The van der Waals surface area contributed by atoms with Gasteiger partial charge in [-0.1, -0.05) is 0 Å². The lowest BCUT2D eigenvalue weighted by molar-refractivity contribution is -0.0122. The van der Waals surface area contributed by atoms with Crippen molar-refractivity contribution in [1.29, 1.82) is 0 Å². The number of nitrogens with one attached hydrogen (secondary N) is 2. The minimum absolute atomic E-state index is 0.00875. The van der Waals surface area contributed by atoms with Crippen LogP contribution in [-0.2, 0) is 4.74 Å². The Morgan fingerprint density at radius 3 is 2.94 bits per heavy atom. The number of fused-ring (bicyclic) bond motifs is 1. The molecule has 1 unspecified atom stereocenters. The highest BCUT2D eigenvalue weighted by Crippen LogP contribution is 2.29. The number of imidazole rings is 1. The van der Waals surface area contributed by atoms with Crippen molar-refractivity contribution in [3.05, 3.63) is 50.2 Å². The van der Waals surface area contributed by atoms with E-state index in [2.05, 4.69) is 25.0 Å². The highest BCUT2D eigenvalue weighted by molar-refractivity contribution is 7.17. The highest BCUT2D eigenvalue weighted by Gasteiger charge is 2.24. The fourth-order valence-corrected chi connectivity index (χ4v) is 4.99. The lowest BCUT2D eigenvalue weighted by Gasteiger charge is -2.30. The van der Waals surface area contributed by atoms with Crippen LogP contribution in [0.25, 0.3) is 22.4 Å². The maximum absolute atomic E-state index is 13.1. The second kappa shape index (κ2) is 8.99. The number of aromatic hydroxyl groups is 1. The van der Waals surface area contributed by atoms with E-state index in [9.17, 15) is 14.7 Å². The summed E-state index contributed by atoms with van der Waals surface area (Å²) in [5.74, 6) is 0.680. The normalized spacial score (nSPS) is 19.5. The molecule has 0 aromatic carbocycles. The van der Waals surface area contributed by atoms with E-state index >= 15 is 0 Å². The molecule has 1 aliphatic heterocycles. The van der Waals surface area contributed by atoms with E-state index in [1.807, 2.05) is 13.0 Å². The van der Waals surface area contributed by atoms with Crippen LogP contribution < -0.4 is 16.5 Å². The van der Waals surface area contributed by atoms with Gasteiger partial charge in [-0.3, -0.25) is 9.78 Å². The largest absolute Gasteiger partial charge is 0.493 e. The van der Waals surface area contributed by atoms with Gasteiger partial charge < -0.3 is 19.7 Å². The van der Waals surface area contributed by atoms with Crippen LogP contribution in [0.5, 0.6) is 5.88 Å². The van der Waals surface area contributed by atoms with Crippen molar-refractivity contribution in [2.75, 3.05) is 26.2 Å². The lowest BCUT2D eigenvalue weighted by Crippen LogP contribution is -2.44. The van der Waals surface area contributed by atoms with Crippen LogP contribution in [0.1, 0.15) is 35.1 Å². The molecule has 36 heavy (non-hydrogen) atoms. The number of amides is 1. The van der Waals surface area contributed by atoms with Gasteiger partial charge in [0.25, 0.3) is 5.91 Å². The number of carbonyl (C=O) groups excluding carboxylic acids is 1. The first-order valence-corrected chi connectivity index (χ1v) is 12.6. The number of ether oxygens (including phenoxy) is 1. The third kappa shape index (κ3) is 4.42. The molecular weight excluding hydrogens is 484 g/mol. The number of carbonyl (C=O) groups is 1. The maximum Gasteiger partial charge on any atom is 0.326 e. The van der Waals surface area contributed by atoms with Crippen molar-refractivity contribution < 1.29 is 14.6 Å². The fraction of sp³-hybridized carbons (Fsp3) is 0.391. The van der Waals surface area contributed by atoms with E-state index < -0.39 is 5.69 Å². The summed E-state index contributed by atoms with van der Waals surface area (Å²) < 4.78 is 7.10. The van der Waals surface area contributed by atoms with Crippen molar-refractivity contribution in [3.63, 3.8) is 0 Å². The quantitative estimate of drug-likeness (QED) is 0.350. The number of nitrogens with zero attached hydrogens (tertiary/aromatic N) is 6. The summed E-state index contributed by atoms with van der Waals surface area (Å²) in [6, 6.07) is 3.64. The lowest BCUT2D eigenvalue weighted by atomic mass is 10.3. The zero-order valence-electron chi connectivity index (χ0n) is 19.5. The topological polar surface area (TPSA) is 154 Å². The van der Waals surface area contributed by atoms with E-state index in [1.165, 1.54) is 11.3 Å². The van der Waals surface area contributed by atoms with Crippen LogP contribution in [-0.4, -0.2) is 77.8 Å². The molecule has 0 bridgehead atoms. The van der Waals surface area contributed by atoms with Gasteiger partial charge in [0.2, 0.25) is 11.5 Å². The van der Waals surface area contributed by atoms with Crippen molar-refractivity contribution in [2.24, 2.45) is 10.9 Å². The number of hydrogen-bond donors (Lipinski definition) is 3. The van der Waals surface area contributed by atoms with Crippen LogP contribution in [0, 0.1) is 5.92 Å². The molecule has 0 spiro atoms. The average Bonchev–Trinajstić information content (AvgIpc) is 3.25. The van der Waals surface area contributed by atoms with Crippen molar-refractivity contribution in [3.8, 4) is 16.6 Å². The summed E-state index contributed by atoms with van der Waals surface area (Å²) in [4.78, 5) is 46.6. The van der Waals surface area contributed by atoms with Crippen molar-refractivity contribution in [2.45, 2.75) is 25.9 Å². The van der Waals surface area contributed by atoms with Crippen LogP contribution in [0.15, 0.2) is 28.1 Å². The summed E-state index contributed by atoms with van der Waals surface area (Å²) in [6.07, 6.45) is 5.48. The van der Waals surface area contributed by atoms with Crippen molar-refractivity contribution in [1.82, 2.24) is 34.4 Å². The molecule has 1 amide bonds. The molecule has 6 rings (SSSR count). The van der Waals surface area contributed by atoms with E-state index in [-0.39, 0.29) is 23.6 Å². The standard InChI is InChI=1S/C23H24N8O4S/c1-12-11-30(6-7-35-12)21(33)17-5-4-16(36-17)18-27-19-14(8-15-20(32)29-23(34)26-15)10-25-31(19)22(28-18)24-9-13-2-3-13/h4-5,8,10,12-13,32H,2-3,6-7,9,11H2,1H3,(H2,26,29,34)/b14-8-,24-22?. The summed E-state index contributed by atoms with van der Waals surface area (Å²) in [6.45, 7) is 4.25. The number of rotatable bonds is 5. The third-order valence-electron chi connectivity index (χ3n) is 6.17. The first-order chi connectivity index (χ1) is 17.4. The predicted molar refractivity (Wildman–Crippen MR) is 130 cm³/mol. The minimum Gasteiger partial charge on any atom is -0.493 e. The van der Waals surface area contributed by atoms with Gasteiger partial charge in [-0.05, 0) is 43.9 Å².